The predicted molar refractivity (Wildman–Crippen MR) is 40.5 cm³/mol. The van der Waals surface area contributed by atoms with Crippen molar-refractivity contribution in [1.29, 1.82) is 0 Å². The summed E-state index contributed by atoms with van der Waals surface area (Å²) in [5, 5.41) is 6.80. The van der Waals surface area contributed by atoms with E-state index in [-0.39, 0.29) is 5.95 Å². The highest BCUT2D eigenvalue weighted by atomic mass is 19.1. The monoisotopic (exact) mass is 157 g/mol. The lowest BCUT2D eigenvalue weighted by atomic mass is 10.3. The summed E-state index contributed by atoms with van der Waals surface area (Å²) in [4.78, 5) is 0. The molecule has 1 heterocycles. The Labute approximate surface area is 65.2 Å². The first-order chi connectivity index (χ1) is 5.25. The van der Waals surface area contributed by atoms with Crippen LogP contribution < -0.4 is 5.32 Å². The Kier molecular flexibility index (Phi) is 2.59. The third-order valence-electron chi connectivity index (χ3n) is 1.50. The minimum Gasteiger partial charge on any atom is -0.313 e. The third-order valence-corrected chi connectivity index (χ3v) is 1.50. The van der Waals surface area contributed by atoms with Gasteiger partial charge in [-0.3, -0.25) is 0 Å². The largest absolute Gasteiger partial charge is 0.313 e. The average Bonchev–Trinajstić information content (AvgIpc) is 2.31. The van der Waals surface area contributed by atoms with E-state index in [2.05, 4.69) is 10.4 Å². The maximum atomic E-state index is 12.9. The van der Waals surface area contributed by atoms with E-state index in [1.165, 1.54) is 10.9 Å². The molecule has 0 bridgehead atoms. The summed E-state index contributed by atoms with van der Waals surface area (Å²) in [5.41, 5.74) is 0.620. The van der Waals surface area contributed by atoms with Gasteiger partial charge in [-0.2, -0.15) is 9.49 Å². The minimum atomic E-state index is -0.258. The van der Waals surface area contributed by atoms with Crippen molar-refractivity contribution in [2.45, 2.75) is 13.5 Å². The molecule has 0 fully saturated rings. The quantitative estimate of drug-likeness (QED) is 0.698. The fourth-order valence-electron chi connectivity index (χ4n) is 0.846. The van der Waals surface area contributed by atoms with Crippen molar-refractivity contribution >= 4 is 0 Å². The van der Waals surface area contributed by atoms with Gasteiger partial charge in [-0.25, -0.2) is 4.68 Å². The summed E-state index contributed by atoms with van der Waals surface area (Å²) in [6, 6.07) is 0. The van der Waals surface area contributed by atoms with Gasteiger partial charge in [0, 0.05) is 19.2 Å². The zero-order chi connectivity index (χ0) is 8.27. The molecule has 0 aliphatic carbocycles. The molecule has 0 atom stereocenters. The van der Waals surface area contributed by atoms with Gasteiger partial charge in [-0.15, -0.1) is 0 Å². The van der Waals surface area contributed by atoms with Crippen molar-refractivity contribution in [1.82, 2.24) is 15.1 Å². The maximum Gasteiger partial charge on any atom is 0.215 e. The lowest BCUT2D eigenvalue weighted by Gasteiger charge is -1.97. The Morgan fingerprint density at radius 1 is 1.73 bits per heavy atom. The van der Waals surface area contributed by atoms with E-state index in [9.17, 15) is 4.39 Å². The van der Waals surface area contributed by atoms with Crippen LogP contribution in [0.1, 0.15) is 12.5 Å². The van der Waals surface area contributed by atoms with Crippen LogP contribution in [0, 0.1) is 5.95 Å². The molecule has 1 aromatic heterocycles. The molecule has 0 aromatic carbocycles. The molecule has 4 heteroatoms. The van der Waals surface area contributed by atoms with Crippen LogP contribution in [0.3, 0.4) is 0 Å². The normalized spacial score (nSPS) is 10.5. The molecule has 0 aliphatic rings. The molecule has 62 valence electrons. The van der Waals surface area contributed by atoms with Gasteiger partial charge >= 0.3 is 0 Å². The highest BCUT2D eigenvalue weighted by Gasteiger charge is 2.05. The molecule has 0 unspecified atom stereocenters. The number of hydrogen-bond donors (Lipinski definition) is 1. The molecule has 0 amide bonds. The summed E-state index contributed by atoms with van der Waals surface area (Å²) >= 11 is 0. The van der Waals surface area contributed by atoms with Gasteiger partial charge < -0.3 is 5.32 Å². The van der Waals surface area contributed by atoms with E-state index in [1.807, 2.05) is 6.92 Å². The number of nitrogens with zero attached hydrogens (tertiary/aromatic N) is 2. The van der Waals surface area contributed by atoms with Gasteiger partial charge in [0.1, 0.15) is 0 Å². The first kappa shape index (κ1) is 8.20. The van der Waals surface area contributed by atoms with E-state index in [0.717, 1.165) is 6.54 Å². The van der Waals surface area contributed by atoms with Crippen LogP contribution in [-0.2, 0) is 13.6 Å². The summed E-state index contributed by atoms with van der Waals surface area (Å²) in [6.07, 6.45) is 1.54. The zero-order valence-corrected chi connectivity index (χ0v) is 6.76. The Morgan fingerprint density at radius 3 is 2.91 bits per heavy atom. The molecule has 0 saturated heterocycles. The molecular weight excluding hydrogens is 145 g/mol. The van der Waals surface area contributed by atoms with Crippen LogP contribution in [0.4, 0.5) is 4.39 Å². The fraction of sp³-hybridized carbons (Fsp3) is 0.571. The molecule has 0 saturated carbocycles. The Morgan fingerprint density at radius 2 is 2.45 bits per heavy atom. The highest BCUT2D eigenvalue weighted by molar-refractivity contribution is 5.05. The van der Waals surface area contributed by atoms with E-state index in [0.29, 0.717) is 12.1 Å². The van der Waals surface area contributed by atoms with Crippen LogP contribution >= 0.6 is 0 Å². The van der Waals surface area contributed by atoms with Crippen LogP contribution in [0.5, 0.6) is 0 Å². The number of halogens is 1. The number of aryl methyl sites for hydroxylation is 1. The zero-order valence-electron chi connectivity index (χ0n) is 6.76. The molecule has 11 heavy (non-hydrogen) atoms. The van der Waals surface area contributed by atoms with Crippen LogP contribution in [0.2, 0.25) is 0 Å². The first-order valence-corrected chi connectivity index (χ1v) is 3.62. The number of hydrogen-bond acceptors (Lipinski definition) is 2. The second-order valence-corrected chi connectivity index (χ2v) is 2.36. The third kappa shape index (κ3) is 1.77. The second-order valence-electron chi connectivity index (χ2n) is 2.36. The summed E-state index contributed by atoms with van der Waals surface area (Å²) in [5.74, 6) is -0.258. The standard InChI is InChI=1S/C7H12FN3/c1-3-9-4-6-5-10-11(2)7(6)8/h5,9H,3-4H2,1-2H3. The summed E-state index contributed by atoms with van der Waals surface area (Å²) < 4.78 is 14.2. The number of rotatable bonds is 3. The van der Waals surface area contributed by atoms with Crippen molar-refractivity contribution in [2.24, 2.45) is 7.05 Å². The van der Waals surface area contributed by atoms with Gasteiger partial charge in [-0.05, 0) is 6.54 Å². The van der Waals surface area contributed by atoms with E-state index < -0.39 is 0 Å². The van der Waals surface area contributed by atoms with Crippen LogP contribution in [0.15, 0.2) is 6.20 Å². The van der Waals surface area contributed by atoms with Crippen molar-refractivity contribution in [3.63, 3.8) is 0 Å². The first-order valence-electron chi connectivity index (χ1n) is 3.62. The molecule has 0 radical (unpaired) electrons. The molecule has 3 nitrogen and oxygen atoms in total. The molecular formula is C7H12FN3. The fourth-order valence-corrected chi connectivity index (χ4v) is 0.846. The Bertz CT molecular complexity index is 232. The van der Waals surface area contributed by atoms with E-state index in [4.69, 9.17) is 0 Å². The van der Waals surface area contributed by atoms with Crippen molar-refractivity contribution < 1.29 is 4.39 Å². The SMILES string of the molecule is CCNCc1cnn(C)c1F. The summed E-state index contributed by atoms with van der Waals surface area (Å²) in [7, 11) is 1.59. The molecule has 1 rings (SSSR count). The Balaban J connectivity index is 2.63. The molecule has 1 aromatic rings. The van der Waals surface area contributed by atoms with Gasteiger partial charge in [0.05, 0.1) is 6.20 Å². The van der Waals surface area contributed by atoms with E-state index >= 15 is 0 Å². The Hall–Kier alpha value is -0.900. The molecule has 0 aliphatic heterocycles. The minimum absolute atomic E-state index is 0.258. The van der Waals surface area contributed by atoms with Gasteiger partial charge in [-0.1, -0.05) is 6.92 Å². The number of nitrogens with one attached hydrogen (secondary N) is 1. The van der Waals surface area contributed by atoms with Gasteiger partial charge in [0.25, 0.3) is 0 Å². The second kappa shape index (κ2) is 3.48. The number of aromatic nitrogens is 2. The van der Waals surface area contributed by atoms with Crippen LogP contribution in [0.25, 0.3) is 0 Å². The van der Waals surface area contributed by atoms with Crippen LogP contribution in [-0.4, -0.2) is 16.3 Å². The predicted octanol–water partition coefficient (Wildman–Crippen LogP) is 0.669. The summed E-state index contributed by atoms with van der Waals surface area (Å²) in [6.45, 7) is 3.37. The average molecular weight is 157 g/mol. The van der Waals surface area contributed by atoms with Gasteiger partial charge in [0.15, 0.2) is 0 Å². The lowest BCUT2D eigenvalue weighted by Crippen LogP contribution is -2.12. The topological polar surface area (TPSA) is 29.9 Å². The lowest BCUT2D eigenvalue weighted by molar-refractivity contribution is 0.491. The van der Waals surface area contributed by atoms with Crippen molar-refractivity contribution in [3.8, 4) is 0 Å². The maximum absolute atomic E-state index is 12.9. The van der Waals surface area contributed by atoms with Gasteiger partial charge in [0.2, 0.25) is 5.95 Å². The van der Waals surface area contributed by atoms with E-state index in [1.54, 1.807) is 7.05 Å². The highest BCUT2D eigenvalue weighted by Crippen LogP contribution is 2.03. The molecule has 0 spiro atoms. The van der Waals surface area contributed by atoms with Crippen molar-refractivity contribution in [3.05, 3.63) is 17.7 Å². The molecule has 1 N–H and O–H groups in total. The smallest absolute Gasteiger partial charge is 0.215 e. The van der Waals surface area contributed by atoms with Crippen molar-refractivity contribution in [2.75, 3.05) is 6.54 Å².